The highest BCUT2D eigenvalue weighted by Crippen LogP contribution is 2.24. The van der Waals surface area contributed by atoms with Crippen molar-refractivity contribution in [1.29, 1.82) is 0 Å². The molecule has 2 heterocycles. The SMILES string of the molecule is COc1cccc(N2CC(C)N(C(=O)CCn3nc(C)c(C)c3C)CC2=O)c1. The molecule has 7 heteroatoms. The van der Waals surface area contributed by atoms with E-state index in [1.807, 2.05) is 56.6 Å². The quantitative estimate of drug-likeness (QED) is 0.794. The highest BCUT2D eigenvalue weighted by Gasteiger charge is 2.33. The third kappa shape index (κ3) is 3.88. The molecule has 1 aliphatic rings. The number of benzene rings is 1. The number of ether oxygens (including phenoxy) is 1. The van der Waals surface area contributed by atoms with Crippen LogP contribution in [-0.4, -0.2) is 52.7 Å². The number of anilines is 1. The number of nitrogens with zero attached hydrogens (tertiary/aromatic N) is 4. The zero-order chi connectivity index (χ0) is 20.4. The van der Waals surface area contributed by atoms with E-state index in [2.05, 4.69) is 5.10 Å². The molecule has 28 heavy (non-hydrogen) atoms. The summed E-state index contributed by atoms with van der Waals surface area (Å²) in [5, 5.41) is 4.49. The molecule has 0 N–H and O–H groups in total. The van der Waals surface area contributed by atoms with Crippen molar-refractivity contribution in [3.8, 4) is 5.75 Å². The normalized spacial score (nSPS) is 17.2. The van der Waals surface area contributed by atoms with E-state index in [4.69, 9.17) is 4.74 Å². The van der Waals surface area contributed by atoms with Gasteiger partial charge in [-0.05, 0) is 45.4 Å². The Balaban J connectivity index is 1.65. The van der Waals surface area contributed by atoms with Crippen LogP contribution in [0.4, 0.5) is 5.69 Å². The van der Waals surface area contributed by atoms with Crippen molar-refractivity contribution in [2.45, 2.75) is 46.7 Å². The van der Waals surface area contributed by atoms with Crippen LogP contribution in [0.1, 0.15) is 30.3 Å². The fourth-order valence-electron chi connectivity index (χ4n) is 3.56. The summed E-state index contributed by atoms with van der Waals surface area (Å²) in [6.45, 7) is 9.08. The van der Waals surface area contributed by atoms with Gasteiger partial charge in [0, 0.05) is 43.0 Å². The van der Waals surface area contributed by atoms with Crippen molar-refractivity contribution in [3.63, 3.8) is 0 Å². The van der Waals surface area contributed by atoms with E-state index in [1.165, 1.54) is 0 Å². The Morgan fingerprint density at radius 2 is 2.04 bits per heavy atom. The second-order valence-corrected chi connectivity index (χ2v) is 7.35. The average molecular weight is 384 g/mol. The molecule has 1 atom stereocenters. The molecule has 0 aliphatic carbocycles. The minimum atomic E-state index is -0.0818. The molecular formula is C21H28N4O3. The van der Waals surface area contributed by atoms with Gasteiger partial charge in [0.2, 0.25) is 11.8 Å². The minimum absolute atomic E-state index is 0.0173. The number of aromatic nitrogens is 2. The lowest BCUT2D eigenvalue weighted by molar-refractivity contribution is -0.139. The van der Waals surface area contributed by atoms with Crippen LogP contribution in [0.15, 0.2) is 24.3 Å². The van der Waals surface area contributed by atoms with E-state index < -0.39 is 0 Å². The Morgan fingerprint density at radius 1 is 1.29 bits per heavy atom. The molecule has 2 aromatic rings. The molecule has 0 spiro atoms. The van der Waals surface area contributed by atoms with E-state index in [1.54, 1.807) is 16.9 Å². The van der Waals surface area contributed by atoms with Crippen LogP contribution in [0.3, 0.4) is 0 Å². The average Bonchev–Trinajstić information content (AvgIpc) is 2.94. The Morgan fingerprint density at radius 3 is 2.68 bits per heavy atom. The molecule has 1 unspecified atom stereocenters. The fraction of sp³-hybridized carbons (Fsp3) is 0.476. The lowest BCUT2D eigenvalue weighted by atomic mass is 10.1. The summed E-state index contributed by atoms with van der Waals surface area (Å²) in [5.41, 5.74) is 4.02. The summed E-state index contributed by atoms with van der Waals surface area (Å²) in [4.78, 5) is 28.9. The van der Waals surface area contributed by atoms with Crippen LogP contribution in [0, 0.1) is 20.8 Å². The van der Waals surface area contributed by atoms with Crippen molar-refractivity contribution < 1.29 is 14.3 Å². The van der Waals surface area contributed by atoms with Gasteiger partial charge in [0.1, 0.15) is 12.3 Å². The largest absolute Gasteiger partial charge is 0.497 e. The van der Waals surface area contributed by atoms with Crippen LogP contribution in [0.25, 0.3) is 0 Å². The highest BCUT2D eigenvalue weighted by molar-refractivity contribution is 5.98. The van der Waals surface area contributed by atoms with Crippen molar-refractivity contribution in [2.24, 2.45) is 0 Å². The Labute approximate surface area is 165 Å². The van der Waals surface area contributed by atoms with Crippen LogP contribution < -0.4 is 9.64 Å². The third-order valence-corrected chi connectivity index (χ3v) is 5.55. The predicted octanol–water partition coefficient (Wildman–Crippen LogP) is 2.47. The number of hydrogen-bond donors (Lipinski definition) is 0. The maximum atomic E-state index is 12.8. The van der Waals surface area contributed by atoms with Gasteiger partial charge in [-0.25, -0.2) is 0 Å². The number of rotatable bonds is 5. The van der Waals surface area contributed by atoms with Crippen LogP contribution in [-0.2, 0) is 16.1 Å². The zero-order valence-electron chi connectivity index (χ0n) is 17.2. The predicted molar refractivity (Wildman–Crippen MR) is 108 cm³/mol. The van der Waals surface area contributed by atoms with Gasteiger partial charge in [0.25, 0.3) is 0 Å². The van der Waals surface area contributed by atoms with Gasteiger partial charge in [-0.1, -0.05) is 6.07 Å². The molecule has 1 aromatic carbocycles. The van der Waals surface area contributed by atoms with E-state index >= 15 is 0 Å². The first kappa shape index (κ1) is 19.9. The minimum Gasteiger partial charge on any atom is -0.497 e. The summed E-state index contributed by atoms with van der Waals surface area (Å²) in [5.74, 6) is 0.606. The van der Waals surface area contributed by atoms with E-state index in [9.17, 15) is 9.59 Å². The first-order valence-electron chi connectivity index (χ1n) is 9.56. The number of carbonyl (C=O) groups excluding carboxylic acids is 2. The molecule has 1 aromatic heterocycles. The molecule has 0 bridgehead atoms. The van der Waals surface area contributed by atoms with E-state index in [0.29, 0.717) is 25.3 Å². The summed E-state index contributed by atoms with van der Waals surface area (Å²) in [7, 11) is 1.60. The van der Waals surface area contributed by atoms with E-state index in [-0.39, 0.29) is 24.4 Å². The monoisotopic (exact) mass is 384 g/mol. The number of aryl methyl sites for hydroxylation is 2. The summed E-state index contributed by atoms with van der Waals surface area (Å²) in [6, 6.07) is 7.37. The molecule has 7 nitrogen and oxygen atoms in total. The lowest BCUT2D eigenvalue weighted by Crippen LogP contribution is -2.57. The molecule has 0 saturated carbocycles. The molecule has 3 rings (SSSR count). The van der Waals surface area contributed by atoms with E-state index in [0.717, 1.165) is 22.6 Å². The Kier molecular flexibility index (Phi) is 5.72. The van der Waals surface area contributed by atoms with Gasteiger partial charge in [0.15, 0.2) is 0 Å². The molecular weight excluding hydrogens is 356 g/mol. The number of carbonyl (C=O) groups is 2. The van der Waals surface area contributed by atoms with Gasteiger partial charge in [-0.15, -0.1) is 0 Å². The molecule has 1 aliphatic heterocycles. The topological polar surface area (TPSA) is 67.7 Å². The van der Waals surface area contributed by atoms with Crippen LogP contribution in [0.2, 0.25) is 0 Å². The summed E-state index contributed by atoms with van der Waals surface area (Å²) in [6.07, 6.45) is 0.332. The Bertz CT molecular complexity index is 890. The zero-order valence-corrected chi connectivity index (χ0v) is 17.2. The van der Waals surface area contributed by atoms with Crippen molar-refractivity contribution in [2.75, 3.05) is 25.1 Å². The van der Waals surface area contributed by atoms with Crippen molar-refractivity contribution >= 4 is 17.5 Å². The van der Waals surface area contributed by atoms with Gasteiger partial charge in [-0.2, -0.15) is 5.10 Å². The summed E-state index contributed by atoms with van der Waals surface area (Å²) < 4.78 is 7.13. The maximum Gasteiger partial charge on any atom is 0.246 e. The molecule has 2 amide bonds. The number of amides is 2. The first-order valence-corrected chi connectivity index (χ1v) is 9.56. The molecule has 0 radical (unpaired) electrons. The molecule has 1 fully saturated rings. The Hall–Kier alpha value is -2.83. The third-order valence-electron chi connectivity index (χ3n) is 5.55. The van der Waals surface area contributed by atoms with Crippen molar-refractivity contribution in [3.05, 3.63) is 41.2 Å². The number of methoxy groups -OCH3 is 1. The lowest BCUT2D eigenvalue weighted by Gasteiger charge is -2.39. The fourth-order valence-corrected chi connectivity index (χ4v) is 3.56. The van der Waals surface area contributed by atoms with Gasteiger partial charge < -0.3 is 14.5 Å². The smallest absolute Gasteiger partial charge is 0.246 e. The van der Waals surface area contributed by atoms with Gasteiger partial charge in [-0.3, -0.25) is 14.3 Å². The molecule has 150 valence electrons. The van der Waals surface area contributed by atoms with Crippen molar-refractivity contribution in [1.82, 2.24) is 14.7 Å². The highest BCUT2D eigenvalue weighted by atomic mass is 16.5. The first-order chi connectivity index (χ1) is 13.3. The summed E-state index contributed by atoms with van der Waals surface area (Å²) >= 11 is 0. The van der Waals surface area contributed by atoms with Crippen LogP contribution >= 0.6 is 0 Å². The molecule has 1 saturated heterocycles. The number of piperazine rings is 1. The standard InChI is InChI=1S/C21H28N4O3/c1-14-12-24(18-7-6-8-19(11-18)28-5)21(27)13-23(14)20(26)9-10-25-17(4)15(2)16(3)22-25/h6-8,11,14H,9-10,12-13H2,1-5H3. The van der Waals surface area contributed by atoms with Crippen LogP contribution in [0.5, 0.6) is 5.75 Å². The van der Waals surface area contributed by atoms with Gasteiger partial charge in [0.05, 0.1) is 12.8 Å². The van der Waals surface area contributed by atoms with Gasteiger partial charge >= 0.3 is 0 Å². The second kappa shape index (κ2) is 8.04. The number of hydrogen-bond acceptors (Lipinski definition) is 4. The maximum absolute atomic E-state index is 12.8. The second-order valence-electron chi connectivity index (χ2n) is 7.35.